The summed E-state index contributed by atoms with van der Waals surface area (Å²) in [7, 11) is 1.59. The number of cyclic esters (lactones) is 1. The summed E-state index contributed by atoms with van der Waals surface area (Å²) in [6.45, 7) is 5.99. The molecule has 2 heterocycles. The summed E-state index contributed by atoms with van der Waals surface area (Å²) in [5.41, 5.74) is -1.91. The average molecular weight is 549 g/mol. The van der Waals surface area contributed by atoms with Gasteiger partial charge >= 0.3 is 5.97 Å². The Morgan fingerprint density at radius 3 is 2.51 bits per heavy atom. The maximum atomic E-state index is 14.1. The van der Waals surface area contributed by atoms with E-state index in [2.05, 4.69) is 6.92 Å². The predicted molar refractivity (Wildman–Crippen MR) is 138 cm³/mol. The zero-order valence-corrected chi connectivity index (χ0v) is 23.5. The molecule has 2 aliphatic heterocycles. The molecule has 4 aliphatic carbocycles. The van der Waals surface area contributed by atoms with Crippen LogP contribution in [0.25, 0.3) is 0 Å². The van der Waals surface area contributed by atoms with Gasteiger partial charge in [0.25, 0.3) is 0 Å². The third-order valence-corrected chi connectivity index (χ3v) is 12.1. The van der Waals surface area contributed by atoms with Crippen LogP contribution < -0.4 is 0 Å². The topological polar surface area (TPSA) is 132 Å². The second-order valence-corrected chi connectivity index (χ2v) is 13.6. The third kappa shape index (κ3) is 3.94. The number of aliphatic hydroxyl groups excluding tert-OH is 2. The first-order valence-electron chi connectivity index (χ1n) is 14.8. The van der Waals surface area contributed by atoms with E-state index in [0.717, 1.165) is 37.7 Å². The van der Waals surface area contributed by atoms with Gasteiger partial charge in [0.1, 0.15) is 18.8 Å². The molecule has 13 atom stereocenters. The fourth-order valence-corrected chi connectivity index (χ4v) is 9.86. The Hall–Kier alpha value is -1.36. The van der Waals surface area contributed by atoms with Crippen LogP contribution in [0.2, 0.25) is 0 Å². The number of aliphatic hydroxyl groups is 3. The first kappa shape index (κ1) is 27.8. The number of carbonyl (C=O) groups is 2. The van der Waals surface area contributed by atoms with Crippen molar-refractivity contribution < 1.29 is 43.9 Å². The van der Waals surface area contributed by atoms with Gasteiger partial charge in [-0.3, -0.25) is 4.79 Å². The molecule has 218 valence electrons. The molecular weight excluding hydrogens is 504 g/mol. The average Bonchev–Trinajstić information content (AvgIpc) is 3.45. The lowest BCUT2D eigenvalue weighted by Gasteiger charge is -2.64. The molecule has 9 nitrogen and oxygen atoms in total. The van der Waals surface area contributed by atoms with Gasteiger partial charge in [-0.25, -0.2) is 4.79 Å². The van der Waals surface area contributed by atoms with E-state index < -0.39 is 35.5 Å². The second-order valence-electron chi connectivity index (χ2n) is 13.6. The Morgan fingerprint density at radius 1 is 1.05 bits per heavy atom. The lowest BCUT2D eigenvalue weighted by atomic mass is 9.42. The predicted octanol–water partition coefficient (Wildman–Crippen LogP) is 2.29. The molecule has 0 amide bonds. The molecule has 0 aromatic heterocycles. The van der Waals surface area contributed by atoms with Crippen LogP contribution in [0.15, 0.2) is 11.6 Å². The molecule has 9 heteroatoms. The van der Waals surface area contributed by atoms with Crippen molar-refractivity contribution in [2.45, 2.75) is 115 Å². The molecule has 0 bridgehead atoms. The number of ether oxygens (including phenoxy) is 4. The van der Waals surface area contributed by atoms with Gasteiger partial charge in [-0.05, 0) is 87.5 Å². The highest BCUT2D eigenvalue weighted by Crippen LogP contribution is 2.69. The van der Waals surface area contributed by atoms with E-state index in [1.807, 2.05) is 13.8 Å². The van der Waals surface area contributed by atoms with E-state index in [0.29, 0.717) is 19.3 Å². The second kappa shape index (κ2) is 9.60. The Bertz CT molecular complexity index is 1040. The zero-order chi connectivity index (χ0) is 27.9. The lowest BCUT2D eigenvalue weighted by molar-refractivity contribution is -0.275. The number of Topliss-reactive ketones (excluding diaryl/α,β-unsaturated/α-hetero) is 1. The molecular formula is C30H44O9. The minimum atomic E-state index is -1.23. The quantitative estimate of drug-likeness (QED) is 0.358. The third-order valence-electron chi connectivity index (χ3n) is 12.1. The molecule has 1 saturated heterocycles. The minimum absolute atomic E-state index is 0.0166. The maximum absolute atomic E-state index is 14.1. The molecule has 3 N–H and O–H groups in total. The first-order chi connectivity index (χ1) is 18.4. The number of hydrogen-bond donors (Lipinski definition) is 3. The minimum Gasteiger partial charge on any atom is -0.458 e. The normalized spacial score (nSPS) is 53.5. The summed E-state index contributed by atoms with van der Waals surface area (Å²) < 4.78 is 23.0. The van der Waals surface area contributed by atoms with Gasteiger partial charge in [-0.15, -0.1) is 0 Å². The zero-order valence-electron chi connectivity index (χ0n) is 23.5. The van der Waals surface area contributed by atoms with E-state index in [1.165, 1.54) is 6.08 Å². The van der Waals surface area contributed by atoms with Gasteiger partial charge in [0.05, 0.1) is 29.3 Å². The van der Waals surface area contributed by atoms with Gasteiger partial charge in [0.15, 0.2) is 12.1 Å². The number of fused-ring (bicyclic) bond motifs is 5. The van der Waals surface area contributed by atoms with Crippen molar-refractivity contribution in [2.75, 3.05) is 13.7 Å². The van der Waals surface area contributed by atoms with Gasteiger partial charge in [-0.2, -0.15) is 0 Å². The summed E-state index contributed by atoms with van der Waals surface area (Å²) in [5, 5.41) is 34.3. The summed E-state index contributed by atoms with van der Waals surface area (Å²) >= 11 is 0. The van der Waals surface area contributed by atoms with Crippen LogP contribution in [0.3, 0.4) is 0 Å². The van der Waals surface area contributed by atoms with Gasteiger partial charge in [0.2, 0.25) is 0 Å². The van der Waals surface area contributed by atoms with Gasteiger partial charge in [0, 0.05) is 25.5 Å². The standard InChI is InChI=1S/C30H44O9/c1-15-25(32)21(36-4)13-23(38-15)39-18-7-9-28(2)17(12-18)5-6-20-24(28)26(33)27(34)29(3)19(8-10-30(20,29)35)16-11-22(31)37-14-16/h11,15,17-21,23-26,32-33,35H,5-10,12-14H2,1-4H3/t15-,17-,18+,19-,20?,21-,23+,24?,25+,26?,28+,29+,30+/m1/s1. The highest BCUT2D eigenvalue weighted by molar-refractivity contribution is 5.93. The number of carbonyl (C=O) groups excluding carboxylic acids is 2. The fraction of sp³-hybridized carbons (Fsp3) is 0.867. The van der Waals surface area contributed by atoms with Crippen molar-refractivity contribution in [1.29, 1.82) is 0 Å². The van der Waals surface area contributed by atoms with E-state index in [1.54, 1.807) is 7.11 Å². The van der Waals surface area contributed by atoms with E-state index >= 15 is 0 Å². The monoisotopic (exact) mass is 548 g/mol. The Balaban J connectivity index is 1.21. The molecule has 0 aromatic carbocycles. The molecule has 6 aliphatic rings. The van der Waals surface area contributed by atoms with Gasteiger partial charge in [-0.1, -0.05) is 6.92 Å². The van der Waals surface area contributed by atoms with Gasteiger partial charge < -0.3 is 34.3 Å². The highest BCUT2D eigenvalue weighted by atomic mass is 16.7. The fourth-order valence-electron chi connectivity index (χ4n) is 9.86. The number of methoxy groups -OCH3 is 1. The van der Waals surface area contributed by atoms with Crippen LogP contribution in [0, 0.1) is 34.5 Å². The van der Waals surface area contributed by atoms with E-state index in [9.17, 15) is 24.9 Å². The van der Waals surface area contributed by atoms with Crippen LogP contribution >= 0.6 is 0 Å². The molecule has 3 unspecified atom stereocenters. The number of rotatable bonds is 4. The van der Waals surface area contributed by atoms with Crippen LogP contribution in [0.4, 0.5) is 0 Å². The van der Waals surface area contributed by atoms with Crippen LogP contribution in [-0.4, -0.2) is 83.2 Å². The van der Waals surface area contributed by atoms with Crippen molar-refractivity contribution in [3.05, 3.63) is 11.6 Å². The van der Waals surface area contributed by atoms with Crippen LogP contribution in [0.1, 0.15) is 72.1 Å². The SMILES string of the molecule is CO[C@@H]1C[C@H](O[C@H]2CC[C@]3(C)C4C(O)C(=O)[C@]5(C)[C@@H](C6=CC(=O)OC6)CC[C@]5(O)C4CC[C@@H]3C2)O[C@H](C)[C@@H]1O. The first-order valence-corrected chi connectivity index (χ1v) is 14.8. The number of esters is 1. The molecule has 0 aromatic rings. The molecule has 5 fully saturated rings. The Labute approximate surface area is 230 Å². The maximum Gasteiger partial charge on any atom is 0.331 e. The number of ketones is 1. The summed E-state index contributed by atoms with van der Waals surface area (Å²) in [6.07, 6.45) is 4.01. The van der Waals surface area contributed by atoms with Crippen molar-refractivity contribution >= 4 is 11.8 Å². The van der Waals surface area contributed by atoms with E-state index in [-0.39, 0.29) is 59.8 Å². The highest BCUT2D eigenvalue weighted by Gasteiger charge is 2.73. The summed E-state index contributed by atoms with van der Waals surface area (Å²) in [6, 6.07) is 0. The van der Waals surface area contributed by atoms with Crippen LogP contribution in [-0.2, 0) is 28.5 Å². The summed E-state index contributed by atoms with van der Waals surface area (Å²) in [4.78, 5) is 25.9. The van der Waals surface area contributed by atoms with Crippen molar-refractivity contribution in [2.24, 2.45) is 34.5 Å². The Morgan fingerprint density at radius 2 is 1.82 bits per heavy atom. The Kier molecular flexibility index (Phi) is 6.84. The molecule has 39 heavy (non-hydrogen) atoms. The molecule has 4 saturated carbocycles. The summed E-state index contributed by atoms with van der Waals surface area (Å²) in [5.74, 6) is -1.26. The molecule has 0 spiro atoms. The number of hydrogen-bond acceptors (Lipinski definition) is 9. The lowest BCUT2D eigenvalue weighted by Crippen LogP contribution is -2.70. The molecule has 0 radical (unpaired) electrons. The van der Waals surface area contributed by atoms with E-state index in [4.69, 9.17) is 18.9 Å². The van der Waals surface area contributed by atoms with Crippen molar-refractivity contribution in [1.82, 2.24) is 0 Å². The van der Waals surface area contributed by atoms with Crippen LogP contribution in [0.5, 0.6) is 0 Å². The smallest absolute Gasteiger partial charge is 0.331 e. The molecule has 6 rings (SSSR count). The largest absolute Gasteiger partial charge is 0.458 e. The van der Waals surface area contributed by atoms with Crippen molar-refractivity contribution in [3.8, 4) is 0 Å². The van der Waals surface area contributed by atoms with Crippen molar-refractivity contribution in [3.63, 3.8) is 0 Å².